The van der Waals surface area contributed by atoms with Crippen LogP contribution in [0.3, 0.4) is 0 Å². The molecule has 2 heterocycles. The van der Waals surface area contributed by atoms with Gasteiger partial charge in [-0.2, -0.15) is 0 Å². The number of nitrogens with one attached hydrogen (secondary N) is 1. The summed E-state index contributed by atoms with van der Waals surface area (Å²) in [7, 11) is 1.62. The monoisotopic (exact) mass is 314 g/mol. The molecular formula is C18H22N2O3. The minimum absolute atomic E-state index is 0.0259. The summed E-state index contributed by atoms with van der Waals surface area (Å²) in [6.07, 6.45) is 3.39. The van der Waals surface area contributed by atoms with Crippen LogP contribution in [0.5, 0.6) is 11.5 Å². The molecule has 1 aromatic heterocycles. The van der Waals surface area contributed by atoms with Gasteiger partial charge in [-0.1, -0.05) is 0 Å². The van der Waals surface area contributed by atoms with Gasteiger partial charge >= 0.3 is 0 Å². The molecule has 0 radical (unpaired) electrons. The molecule has 122 valence electrons. The number of rotatable bonds is 5. The highest BCUT2D eigenvalue weighted by atomic mass is 16.5. The van der Waals surface area contributed by atoms with Gasteiger partial charge in [0.1, 0.15) is 11.5 Å². The standard InChI is InChI=1S/C18H22N2O3/c1-13(23-15-9-7-14(22-2)8-10-15)18(21)20-12-4-6-17(20)16-5-3-11-19-16/h3,5,7-11,13,17,19H,4,6,12H2,1-2H3. The summed E-state index contributed by atoms with van der Waals surface area (Å²) in [5.74, 6) is 1.46. The molecule has 23 heavy (non-hydrogen) atoms. The Hall–Kier alpha value is -2.43. The maximum Gasteiger partial charge on any atom is 0.263 e. The van der Waals surface area contributed by atoms with Crippen LogP contribution in [0, 0.1) is 0 Å². The summed E-state index contributed by atoms with van der Waals surface area (Å²) in [6, 6.07) is 11.4. The molecule has 1 N–H and O–H groups in total. The molecule has 5 nitrogen and oxygen atoms in total. The van der Waals surface area contributed by atoms with E-state index in [-0.39, 0.29) is 11.9 Å². The molecule has 0 spiro atoms. The zero-order valence-electron chi connectivity index (χ0n) is 13.5. The lowest BCUT2D eigenvalue weighted by molar-refractivity contribution is -0.139. The smallest absolute Gasteiger partial charge is 0.263 e. The van der Waals surface area contributed by atoms with Gasteiger partial charge in [0.25, 0.3) is 5.91 Å². The third-order valence-corrected chi connectivity index (χ3v) is 4.24. The number of benzene rings is 1. The van der Waals surface area contributed by atoms with E-state index in [1.807, 2.05) is 47.5 Å². The van der Waals surface area contributed by atoms with E-state index in [1.54, 1.807) is 14.0 Å². The van der Waals surface area contributed by atoms with Crippen molar-refractivity contribution in [2.75, 3.05) is 13.7 Å². The predicted octanol–water partition coefficient (Wildman–Crippen LogP) is 3.15. The lowest BCUT2D eigenvalue weighted by Gasteiger charge is -2.27. The van der Waals surface area contributed by atoms with Crippen molar-refractivity contribution in [1.29, 1.82) is 0 Å². The van der Waals surface area contributed by atoms with Gasteiger partial charge < -0.3 is 19.4 Å². The van der Waals surface area contributed by atoms with Gasteiger partial charge in [-0.15, -0.1) is 0 Å². The van der Waals surface area contributed by atoms with Crippen LogP contribution in [0.15, 0.2) is 42.6 Å². The predicted molar refractivity (Wildman–Crippen MR) is 87.6 cm³/mol. The number of amides is 1. The van der Waals surface area contributed by atoms with Crippen LogP contribution in [0.1, 0.15) is 31.5 Å². The van der Waals surface area contributed by atoms with Crippen LogP contribution in [-0.2, 0) is 4.79 Å². The second-order valence-electron chi connectivity index (χ2n) is 5.75. The summed E-state index contributed by atoms with van der Waals surface area (Å²) in [5, 5.41) is 0. The zero-order chi connectivity index (χ0) is 16.2. The van der Waals surface area contributed by atoms with Gasteiger partial charge in [-0.05, 0) is 56.2 Å². The van der Waals surface area contributed by atoms with Crippen molar-refractivity contribution in [2.24, 2.45) is 0 Å². The summed E-state index contributed by atoms with van der Waals surface area (Å²) < 4.78 is 10.9. The molecule has 1 saturated heterocycles. The highest BCUT2D eigenvalue weighted by molar-refractivity contribution is 5.81. The Morgan fingerprint density at radius 1 is 1.26 bits per heavy atom. The molecule has 2 unspecified atom stereocenters. The van der Waals surface area contributed by atoms with Gasteiger partial charge in [0.05, 0.1) is 13.2 Å². The maximum absolute atomic E-state index is 12.7. The second kappa shape index (κ2) is 6.77. The highest BCUT2D eigenvalue weighted by Gasteiger charge is 2.33. The Morgan fingerprint density at radius 2 is 2.00 bits per heavy atom. The summed E-state index contributed by atoms with van der Waals surface area (Å²) in [6.45, 7) is 2.58. The lowest BCUT2D eigenvalue weighted by atomic mass is 10.1. The first-order valence-electron chi connectivity index (χ1n) is 7.93. The lowest BCUT2D eigenvalue weighted by Crippen LogP contribution is -2.40. The minimum atomic E-state index is -0.515. The normalized spacial score (nSPS) is 18.7. The van der Waals surface area contributed by atoms with Gasteiger partial charge in [-0.3, -0.25) is 4.79 Å². The first kappa shape index (κ1) is 15.5. The SMILES string of the molecule is COc1ccc(OC(C)C(=O)N2CCCC2c2ccc[nH]2)cc1. The number of aromatic amines is 1. The maximum atomic E-state index is 12.7. The Morgan fingerprint density at radius 3 is 2.65 bits per heavy atom. The quantitative estimate of drug-likeness (QED) is 0.922. The van der Waals surface area contributed by atoms with E-state index >= 15 is 0 Å². The van der Waals surface area contributed by atoms with Crippen LogP contribution in [0.2, 0.25) is 0 Å². The van der Waals surface area contributed by atoms with Crippen LogP contribution < -0.4 is 9.47 Å². The summed E-state index contributed by atoms with van der Waals surface area (Å²) >= 11 is 0. The molecule has 0 saturated carbocycles. The number of carbonyl (C=O) groups excluding carboxylic acids is 1. The van der Waals surface area contributed by atoms with Crippen molar-refractivity contribution in [3.8, 4) is 11.5 Å². The number of hydrogen-bond donors (Lipinski definition) is 1. The van der Waals surface area contributed by atoms with Crippen LogP contribution in [0.25, 0.3) is 0 Å². The molecule has 0 bridgehead atoms. The van der Waals surface area contributed by atoms with E-state index in [9.17, 15) is 4.79 Å². The molecule has 1 aromatic carbocycles. The Labute approximate surface area is 136 Å². The molecular weight excluding hydrogens is 292 g/mol. The highest BCUT2D eigenvalue weighted by Crippen LogP contribution is 2.31. The largest absolute Gasteiger partial charge is 0.497 e. The van der Waals surface area contributed by atoms with E-state index in [2.05, 4.69) is 4.98 Å². The van der Waals surface area contributed by atoms with Crippen molar-refractivity contribution in [3.05, 3.63) is 48.3 Å². The molecule has 1 aliphatic heterocycles. The van der Waals surface area contributed by atoms with Crippen LogP contribution >= 0.6 is 0 Å². The van der Waals surface area contributed by atoms with Crippen molar-refractivity contribution in [2.45, 2.75) is 31.9 Å². The molecule has 2 aromatic rings. The van der Waals surface area contributed by atoms with Crippen molar-refractivity contribution in [1.82, 2.24) is 9.88 Å². The third kappa shape index (κ3) is 3.33. The molecule has 0 aliphatic carbocycles. The first-order valence-corrected chi connectivity index (χ1v) is 7.93. The third-order valence-electron chi connectivity index (χ3n) is 4.24. The fourth-order valence-corrected chi connectivity index (χ4v) is 3.05. The molecule has 1 fully saturated rings. The van der Waals surface area contributed by atoms with Crippen LogP contribution in [0.4, 0.5) is 0 Å². The Balaban J connectivity index is 1.66. The molecule has 1 amide bonds. The van der Waals surface area contributed by atoms with Crippen molar-refractivity contribution in [3.63, 3.8) is 0 Å². The van der Waals surface area contributed by atoms with Gasteiger partial charge in [-0.25, -0.2) is 0 Å². The number of ether oxygens (including phenoxy) is 2. The molecule has 2 atom stereocenters. The van der Waals surface area contributed by atoms with Crippen molar-refractivity contribution < 1.29 is 14.3 Å². The summed E-state index contributed by atoms with van der Waals surface area (Å²) in [5.41, 5.74) is 1.09. The fourth-order valence-electron chi connectivity index (χ4n) is 3.05. The van der Waals surface area contributed by atoms with Gasteiger partial charge in [0.2, 0.25) is 0 Å². The first-order chi connectivity index (χ1) is 11.2. The Kier molecular flexibility index (Phi) is 4.55. The number of nitrogens with zero attached hydrogens (tertiary/aromatic N) is 1. The number of likely N-dealkylation sites (tertiary alicyclic amines) is 1. The number of H-pyrrole nitrogens is 1. The second-order valence-corrected chi connectivity index (χ2v) is 5.75. The van der Waals surface area contributed by atoms with Gasteiger partial charge in [0, 0.05) is 18.4 Å². The van der Waals surface area contributed by atoms with E-state index in [4.69, 9.17) is 9.47 Å². The van der Waals surface area contributed by atoms with Gasteiger partial charge in [0.15, 0.2) is 6.10 Å². The fraction of sp³-hybridized carbons (Fsp3) is 0.389. The topological polar surface area (TPSA) is 54.6 Å². The Bertz CT molecular complexity index is 637. The number of hydrogen-bond acceptors (Lipinski definition) is 3. The average molecular weight is 314 g/mol. The van der Waals surface area contributed by atoms with E-state index in [1.165, 1.54) is 0 Å². The zero-order valence-corrected chi connectivity index (χ0v) is 13.5. The van der Waals surface area contributed by atoms with E-state index in [0.29, 0.717) is 5.75 Å². The molecule has 5 heteroatoms. The number of aromatic nitrogens is 1. The van der Waals surface area contributed by atoms with E-state index < -0.39 is 6.10 Å². The summed E-state index contributed by atoms with van der Waals surface area (Å²) in [4.78, 5) is 17.9. The van der Waals surface area contributed by atoms with E-state index in [0.717, 1.165) is 30.8 Å². The minimum Gasteiger partial charge on any atom is -0.497 e. The average Bonchev–Trinajstić information content (AvgIpc) is 3.25. The number of methoxy groups -OCH3 is 1. The molecule has 1 aliphatic rings. The number of carbonyl (C=O) groups is 1. The molecule has 3 rings (SSSR count). The van der Waals surface area contributed by atoms with Crippen LogP contribution in [-0.4, -0.2) is 35.5 Å². The van der Waals surface area contributed by atoms with Crippen molar-refractivity contribution >= 4 is 5.91 Å².